The summed E-state index contributed by atoms with van der Waals surface area (Å²) >= 11 is 6.05. The molecule has 0 bridgehead atoms. The second kappa shape index (κ2) is 12.3. The lowest BCUT2D eigenvalue weighted by Gasteiger charge is -2.26. The first kappa shape index (κ1) is 26.2. The Bertz CT molecular complexity index is 1210. The lowest BCUT2D eigenvalue weighted by molar-refractivity contribution is -0.384. The van der Waals surface area contributed by atoms with Crippen molar-refractivity contribution in [1.29, 1.82) is 0 Å². The van der Waals surface area contributed by atoms with E-state index in [0.717, 1.165) is 11.1 Å². The number of rotatable bonds is 11. The molecule has 3 aromatic rings. The SMILES string of the molecule is COC(=O)C(CCC(CN(c1ccc([N+](=O)[O-])cc1)[SH](=O)=O)c1ccc(Cl)cc1)c1ccccc1. The zero-order valence-electron chi connectivity index (χ0n) is 19.0. The predicted octanol–water partition coefficient (Wildman–Crippen LogP) is 5.10. The summed E-state index contributed by atoms with van der Waals surface area (Å²) < 4.78 is 30.6. The van der Waals surface area contributed by atoms with Crippen molar-refractivity contribution in [3.63, 3.8) is 0 Å². The Morgan fingerprint density at radius 3 is 2.14 bits per heavy atom. The van der Waals surface area contributed by atoms with E-state index < -0.39 is 21.7 Å². The molecule has 2 atom stereocenters. The van der Waals surface area contributed by atoms with Gasteiger partial charge in [-0.2, -0.15) is 0 Å². The Kier molecular flexibility index (Phi) is 9.22. The van der Waals surface area contributed by atoms with Crippen LogP contribution < -0.4 is 4.31 Å². The van der Waals surface area contributed by atoms with E-state index in [9.17, 15) is 23.3 Å². The summed E-state index contributed by atoms with van der Waals surface area (Å²) in [6.07, 6.45) is 0.899. The van der Waals surface area contributed by atoms with Crippen molar-refractivity contribution < 1.29 is 22.9 Å². The molecule has 0 aromatic heterocycles. The summed E-state index contributed by atoms with van der Waals surface area (Å²) in [6.45, 7) is 0.0842. The van der Waals surface area contributed by atoms with Gasteiger partial charge < -0.3 is 4.74 Å². The number of carbonyl (C=O) groups excluding carboxylic acids is 1. The fourth-order valence-corrected chi connectivity index (χ4v) is 4.71. The van der Waals surface area contributed by atoms with Crippen molar-refractivity contribution in [2.45, 2.75) is 24.7 Å². The molecule has 0 aliphatic heterocycles. The molecule has 0 radical (unpaired) electrons. The van der Waals surface area contributed by atoms with Crippen molar-refractivity contribution in [1.82, 2.24) is 0 Å². The highest BCUT2D eigenvalue weighted by Gasteiger charge is 2.25. The van der Waals surface area contributed by atoms with Crippen molar-refractivity contribution >= 4 is 39.8 Å². The fraction of sp³-hybridized carbons (Fsp3) is 0.240. The average molecular weight is 517 g/mol. The molecule has 2 unspecified atom stereocenters. The molecule has 0 amide bonds. The summed E-state index contributed by atoms with van der Waals surface area (Å²) in [7, 11) is -1.69. The zero-order valence-corrected chi connectivity index (χ0v) is 20.6. The molecule has 8 nitrogen and oxygen atoms in total. The van der Waals surface area contributed by atoms with Crippen LogP contribution >= 0.6 is 11.6 Å². The molecule has 0 saturated heterocycles. The molecular weight excluding hydrogens is 492 g/mol. The number of hydrogen-bond donors (Lipinski definition) is 1. The number of nitro benzene ring substituents is 1. The number of nitrogens with zero attached hydrogens (tertiary/aromatic N) is 2. The van der Waals surface area contributed by atoms with E-state index in [-0.39, 0.29) is 24.1 Å². The molecule has 0 saturated carbocycles. The van der Waals surface area contributed by atoms with E-state index >= 15 is 0 Å². The van der Waals surface area contributed by atoms with E-state index in [2.05, 4.69) is 0 Å². The Morgan fingerprint density at radius 1 is 0.971 bits per heavy atom. The minimum absolute atomic E-state index is 0.0842. The molecule has 3 rings (SSSR count). The van der Waals surface area contributed by atoms with Gasteiger partial charge in [-0.05, 0) is 48.2 Å². The van der Waals surface area contributed by atoms with Crippen molar-refractivity contribution in [2.75, 3.05) is 18.0 Å². The van der Waals surface area contributed by atoms with Gasteiger partial charge in [-0.25, -0.2) is 8.42 Å². The van der Waals surface area contributed by atoms with Crippen molar-refractivity contribution in [3.8, 4) is 0 Å². The van der Waals surface area contributed by atoms with E-state index in [1.54, 1.807) is 12.1 Å². The van der Waals surface area contributed by atoms with Crippen LogP contribution in [0.25, 0.3) is 0 Å². The zero-order chi connectivity index (χ0) is 25.4. The van der Waals surface area contributed by atoms with E-state index in [1.165, 1.54) is 35.7 Å². The van der Waals surface area contributed by atoms with Crippen LogP contribution in [0.2, 0.25) is 5.02 Å². The van der Waals surface area contributed by atoms with Gasteiger partial charge in [-0.3, -0.25) is 19.2 Å². The minimum Gasteiger partial charge on any atom is -0.469 e. The van der Waals surface area contributed by atoms with Crippen molar-refractivity contribution in [3.05, 3.63) is 105 Å². The molecule has 35 heavy (non-hydrogen) atoms. The standard InChI is InChI=1S/C25H25ClN2O6S/c1-34-25(29)24(19-5-3-2-4-6-19)16-9-20(18-7-10-21(26)11-8-18)17-27(35(32)33)22-12-14-23(15-13-22)28(30)31/h2-8,10-15,20,24,35H,9,16-17H2,1H3. The predicted molar refractivity (Wildman–Crippen MR) is 135 cm³/mol. The van der Waals surface area contributed by atoms with Gasteiger partial charge in [0.1, 0.15) is 0 Å². The second-order valence-electron chi connectivity index (χ2n) is 7.91. The molecule has 184 valence electrons. The Hall–Kier alpha value is -3.43. The second-order valence-corrected chi connectivity index (χ2v) is 9.30. The molecule has 0 fully saturated rings. The highest BCUT2D eigenvalue weighted by molar-refractivity contribution is 7.74. The van der Waals surface area contributed by atoms with Gasteiger partial charge in [0.05, 0.1) is 23.6 Å². The lowest BCUT2D eigenvalue weighted by Crippen LogP contribution is -2.28. The van der Waals surface area contributed by atoms with E-state index in [0.29, 0.717) is 23.6 Å². The van der Waals surface area contributed by atoms with Crippen LogP contribution in [-0.2, 0) is 20.4 Å². The van der Waals surface area contributed by atoms with Crippen molar-refractivity contribution in [2.24, 2.45) is 0 Å². The van der Waals surface area contributed by atoms with Crippen LogP contribution in [0.4, 0.5) is 11.4 Å². The van der Waals surface area contributed by atoms with Crippen LogP contribution in [0.1, 0.15) is 35.8 Å². The molecule has 0 aliphatic rings. The third-order valence-corrected chi connectivity index (χ3v) is 6.82. The maximum atomic E-state index is 12.5. The number of methoxy groups -OCH3 is 1. The van der Waals surface area contributed by atoms with Crippen LogP contribution in [-0.4, -0.2) is 33.0 Å². The summed E-state index contributed by atoms with van der Waals surface area (Å²) in [5.41, 5.74) is 1.86. The highest BCUT2D eigenvalue weighted by Crippen LogP contribution is 2.32. The number of anilines is 1. The van der Waals surface area contributed by atoms with Gasteiger partial charge in [-0.1, -0.05) is 54.1 Å². The smallest absolute Gasteiger partial charge is 0.313 e. The maximum Gasteiger partial charge on any atom is 0.313 e. The number of esters is 1. The summed E-state index contributed by atoms with van der Waals surface area (Å²) in [4.78, 5) is 23.0. The number of non-ortho nitro benzene ring substituents is 1. The molecule has 0 heterocycles. The van der Waals surface area contributed by atoms with Gasteiger partial charge in [0.25, 0.3) is 5.69 Å². The number of benzene rings is 3. The molecule has 0 N–H and O–H groups in total. The highest BCUT2D eigenvalue weighted by atomic mass is 35.5. The number of nitro groups is 1. The van der Waals surface area contributed by atoms with Crippen LogP contribution in [0, 0.1) is 10.1 Å². The number of hydrogen-bond acceptors (Lipinski definition) is 6. The first-order valence-corrected chi connectivity index (χ1v) is 12.4. The molecule has 10 heteroatoms. The number of halogens is 1. The molecule has 0 spiro atoms. The number of ether oxygens (including phenoxy) is 1. The molecular formula is C25H25ClN2O6S. The van der Waals surface area contributed by atoms with Gasteiger partial charge >= 0.3 is 5.97 Å². The van der Waals surface area contributed by atoms with Gasteiger partial charge in [-0.15, -0.1) is 0 Å². The quantitative estimate of drug-likeness (QED) is 0.164. The Balaban J connectivity index is 1.90. The Morgan fingerprint density at radius 2 is 1.60 bits per heavy atom. The van der Waals surface area contributed by atoms with Crippen LogP contribution in [0.5, 0.6) is 0 Å². The summed E-state index contributed by atoms with van der Waals surface area (Å²) in [6, 6.07) is 21.7. The summed E-state index contributed by atoms with van der Waals surface area (Å²) in [5.74, 6) is -1.16. The van der Waals surface area contributed by atoms with Gasteiger partial charge in [0.2, 0.25) is 10.9 Å². The molecule has 0 aliphatic carbocycles. The molecule has 3 aromatic carbocycles. The first-order chi connectivity index (χ1) is 16.8. The minimum atomic E-state index is -3.03. The van der Waals surface area contributed by atoms with Gasteiger partial charge in [0, 0.05) is 29.6 Å². The van der Waals surface area contributed by atoms with Gasteiger partial charge in [0.15, 0.2) is 0 Å². The largest absolute Gasteiger partial charge is 0.469 e. The number of carbonyl (C=O) groups is 1. The van der Waals surface area contributed by atoms with E-state index in [1.807, 2.05) is 42.5 Å². The topological polar surface area (TPSA) is 107 Å². The number of thiol groups is 1. The third-order valence-electron chi connectivity index (χ3n) is 5.78. The van der Waals surface area contributed by atoms with E-state index in [4.69, 9.17) is 16.3 Å². The fourth-order valence-electron chi connectivity index (χ4n) is 3.94. The lowest BCUT2D eigenvalue weighted by atomic mass is 9.87. The summed E-state index contributed by atoms with van der Waals surface area (Å²) in [5, 5.41) is 11.5. The first-order valence-electron chi connectivity index (χ1n) is 10.8. The normalized spacial score (nSPS) is 12.7. The third kappa shape index (κ3) is 7.03. The maximum absolute atomic E-state index is 12.5. The average Bonchev–Trinajstić information content (AvgIpc) is 2.87. The van der Waals surface area contributed by atoms with Crippen LogP contribution in [0.3, 0.4) is 0 Å². The monoisotopic (exact) mass is 516 g/mol. The van der Waals surface area contributed by atoms with Crippen LogP contribution in [0.15, 0.2) is 78.9 Å². The Labute approximate surface area is 210 Å².